The smallest absolute Gasteiger partial charge is 0.407 e. The van der Waals surface area contributed by atoms with Crippen molar-refractivity contribution in [1.29, 1.82) is 0 Å². The zero-order chi connectivity index (χ0) is 18.5. The molecule has 0 bridgehead atoms. The van der Waals surface area contributed by atoms with Gasteiger partial charge in [0.15, 0.2) is 0 Å². The number of carbonyl (C=O) groups is 1. The van der Waals surface area contributed by atoms with Crippen LogP contribution < -0.4 is 15.4 Å². The van der Waals surface area contributed by atoms with E-state index in [0.717, 1.165) is 37.1 Å². The van der Waals surface area contributed by atoms with E-state index in [-0.39, 0.29) is 6.09 Å². The van der Waals surface area contributed by atoms with Gasteiger partial charge in [-0.15, -0.1) is 0 Å². The van der Waals surface area contributed by atoms with Gasteiger partial charge in [-0.25, -0.2) is 4.79 Å². The Morgan fingerprint density at radius 2 is 1.69 bits per heavy atom. The molecule has 140 valence electrons. The Balaban J connectivity index is 1.53. The van der Waals surface area contributed by atoms with Gasteiger partial charge in [0.25, 0.3) is 0 Å². The van der Waals surface area contributed by atoms with Crippen molar-refractivity contribution in [2.45, 2.75) is 25.9 Å². The fraction of sp³-hybridized carbons (Fsp3) is 0.381. The van der Waals surface area contributed by atoms with Crippen molar-refractivity contribution in [3.05, 3.63) is 65.7 Å². The van der Waals surface area contributed by atoms with Crippen LogP contribution in [0.2, 0.25) is 0 Å². The van der Waals surface area contributed by atoms with E-state index in [9.17, 15) is 4.79 Å². The predicted octanol–water partition coefficient (Wildman–Crippen LogP) is 3.53. The summed E-state index contributed by atoms with van der Waals surface area (Å²) in [5, 5.41) is 5.84. The van der Waals surface area contributed by atoms with Crippen LogP contribution in [-0.4, -0.2) is 32.8 Å². The van der Waals surface area contributed by atoms with Crippen LogP contribution in [0.15, 0.2) is 54.6 Å². The number of unbranched alkanes of at least 4 members (excludes halogenated alkanes) is 1. The molecule has 0 saturated carbocycles. The van der Waals surface area contributed by atoms with Gasteiger partial charge in [-0.1, -0.05) is 42.5 Å². The van der Waals surface area contributed by atoms with Crippen LogP contribution in [0.25, 0.3) is 0 Å². The number of nitrogens with one attached hydrogen (secondary N) is 2. The third kappa shape index (κ3) is 8.03. The van der Waals surface area contributed by atoms with Gasteiger partial charge in [-0.05, 0) is 49.6 Å². The Labute approximate surface area is 155 Å². The minimum atomic E-state index is -0.364. The van der Waals surface area contributed by atoms with Crippen LogP contribution in [-0.2, 0) is 17.8 Å². The third-order valence-electron chi connectivity index (χ3n) is 3.92. The van der Waals surface area contributed by atoms with Gasteiger partial charge in [0.05, 0.1) is 0 Å². The van der Waals surface area contributed by atoms with E-state index in [1.54, 1.807) is 0 Å². The summed E-state index contributed by atoms with van der Waals surface area (Å²) in [5.41, 5.74) is 2.26. The minimum absolute atomic E-state index is 0.301. The monoisotopic (exact) mass is 356 g/mol. The molecule has 0 unspecified atom stereocenters. The molecule has 0 aliphatic carbocycles. The van der Waals surface area contributed by atoms with E-state index in [0.29, 0.717) is 19.8 Å². The summed E-state index contributed by atoms with van der Waals surface area (Å²) in [5.74, 6) is 0.895. The molecule has 0 aliphatic heterocycles. The molecule has 2 aromatic rings. The van der Waals surface area contributed by atoms with Gasteiger partial charge in [0.2, 0.25) is 0 Å². The molecular formula is C21H28N2O3. The molecule has 0 saturated heterocycles. The van der Waals surface area contributed by atoms with Crippen molar-refractivity contribution in [1.82, 2.24) is 10.6 Å². The standard InChI is InChI=1S/C21H28N2O3/c1-22-15-16-25-20-12-10-18(11-13-20)7-5-6-14-23-21(24)26-17-19-8-3-2-4-9-19/h2-4,8-13,22H,5-7,14-17H2,1H3,(H,23,24). The maximum Gasteiger partial charge on any atom is 0.407 e. The number of amides is 1. The van der Waals surface area contributed by atoms with Gasteiger partial charge in [0, 0.05) is 13.1 Å². The van der Waals surface area contributed by atoms with E-state index < -0.39 is 0 Å². The first-order chi connectivity index (χ1) is 12.8. The number of likely N-dealkylation sites (N-methyl/N-ethyl adjacent to an activating group) is 1. The molecule has 5 heteroatoms. The Morgan fingerprint density at radius 1 is 0.923 bits per heavy atom. The molecule has 0 fully saturated rings. The van der Waals surface area contributed by atoms with E-state index in [1.165, 1.54) is 5.56 Å². The van der Waals surface area contributed by atoms with Gasteiger partial charge in [0.1, 0.15) is 19.0 Å². The highest BCUT2D eigenvalue weighted by Crippen LogP contribution is 2.13. The summed E-state index contributed by atoms with van der Waals surface area (Å²) < 4.78 is 10.8. The van der Waals surface area contributed by atoms with E-state index in [1.807, 2.05) is 49.5 Å². The normalized spacial score (nSPS) is 10.3. The van der Waals surface area contributed by atoms with Crippen LogP contribution in [0.3, 0.4) is 0 Å². The number of hydrogen-bond acceptors (Lipinski definition) is 4. The molecule has 2 N–H and O–H groups in total. The maximum atomic E-state index is 11.6. The summed E-state index contributed by atoms with van der Waals surface area (Å²) >= 11 is 0. The zero-order valence-electron chi connectivity index (χ0n) is 15.4. The van der Waals surface area contributed by atoms with Crippen LogP contribution in [0, 0.1) is 0 Å². The van der Waals surface area contributed by atoms with Crippen LogP contribution >= 0.6 is 0 Å². The van der Waals surface area contributed by atoms with Gasteiger partial charge in [-0.2, -0.15) is 0 Å². The molecule has 5 nitrogen and oxygen atoms in total. The minimum Gasteiger partial charge on any atom is -0.492 e. The van der Waals surface area contributed by atoms with Crippen molar-refractivity contribution in [2.24, 2.45) is 0 Å². The molecule has 0 aromatic heterocycles. The fourth-order valence-corrected chi connectivity index (χ4v) is 2.44. The number of carbonyl (C=O) groups excluding carboxylic acids is 1. The lowest BCUT2D eigenvalue weighted by Crippen LogP contribution is -2.25. The number of benzene rings is 2. The summed E-state index contributed by atoms with van der Waals surface area (Å²) in [6, 6.07) is 17.9. The highest BCUT2D eigenvalue weighted by molar-refractivity contribution is 5.67. The van der Waals surface area contributed by atoms with Crippen LogP contribution in [0.1, 0.15) is 24.0 Å². The van der Waals surface area contributed by atoms with Crippen molar-refractivity contribution >= 4 is 6.09 Å². The number of aryl methyl sites for hydroxylation is 1. The highest BCUT2D eigenvalue weighted by atomic mass is 16.5. The first-order valence-corrected chi connectivity index (χ1v) is 9.09. The number of ether oxygens (including phenoxy) is 2. The Kier molecular flexibility index (Phi) is 9.08. The predicted molar refractivity (Wildman–Crippen MR) is 103 cm³/mol. The van der Waals surface area contributed by atoms with Crippen LogP contribution in [0.4, 0.5) is 4.79 Å². The van der Waals surface area contributed by atoms with Crippen molar-refractivity contribution in [3.8, 4) is 5.75 Å². The van der Waals surface area contributed by atoms with E-state index in [4.69, 9.17) is 9.47 Å². The number of alkyl carbamates (subject to hydrolysis) is 1. The molecule has 1 amide bonds. The molecule has 0 atom stereocenters. The number of rotatable bonds is 11. The molecule has 2 aromatic carbocycles. The quantitative estimate of drug-likeness (QED) is 0.605. The van der Waals surface area contributed by atoms with Gasteiger partial charge < -0.3 is 20.1 Å². The second-order valence-corrected chi connectivity index (χ2v) is 6.04. The Hall–Kier alpha value is -2.53. The number of hydrogen-bond donors (Lipinski definition) is 2. The first-order valence-electron chi connectivity index (χ1n) is 9.09. The zero-order valence-corrected chi connectivity index (χ0v) is 15.4. The Morgan fingerprint density at radius 3 is 2.42 bits per heavy atom. The fourth-order valence-electron chi connectivity index (χ4n) is 2.44. The topological polar surface area (TPSA) is 59.6 Å². The molecule has 0 radical (unpaired) electrons. The van der Waals surface area contributed by atoms with Crippen LogP contribution in [0.5, 0.6) is 5.75 Å². The second kappa shape index (κ2) is 11.9. The molecule has 26 heavy (non-hydrogen) atoms. The average molecular weight is 356 g/mol. The van der Waals surface area contributed by atoms with Gasteiger partial charge >= 0.3 is 6.09 Å². The lowest BCUT2D eigenvalue weighted by Gasteiger charge is -2.08. The molecule has 0 spiro atoms. The van der Waals surface area contributed by atoms with Crippen molar-refractivity contribution < 1.29 is 14.3 Å². The Bertz CT molecular complexity index is 629. The SMILES string of the molecule is CNCCOc1ccc(CCCCNC(=O)OCc2ccccc2)cc1. The lowest BCUT2D eigenvalue weighted by atomic mass is 10.1. The summed E-state index contributed by atoms with van der Waals surface area (Å²) in [4.78, 5) is 11.6. The average Bonchev–Trinajstić information content (AvgIpc) is 2.68. The summed E-state index contributed by atoms with van der Waals surface area (Å²) in [7, 11) is 1.91. The van der Waals surface area contributed by atoms with E-state index in [2.05, 4.69) is 22.8 Å². The maximum absolute atomic E-state index is 11.6. The summed E-state index contributed by atoms with van der Waals surface area (Å²) in [6.45, 7) is 2.43. The second-order valence-electron chi connectivity index (χ2n) is 6.04. The third-order valence-corrected chi connectivity index (χ3v) is 3.92. The van der Waals surface area contributed by atoms with Gasteiger partial charge in [-0.3, -0.25) is 0 Å². The van der Waals surface area contributed by atoms with E-state index >= 15 is 0 Å². The van der Waals surface area contributed by atoms with Crippen molar-refractivity contribution in [2.75, 3.05) is 26.7 Å². The lowest BCUT2D eigenvalue weighted by molar-refractivity contribution is 0.139. The molecule has 0 heterocycles. The summed E-state index contributed by atoms with van der Waals surface area (Å²) in [6.07, 6.45) is 2.55. The first kappa shape index (κ1) is 19.8. The largest absolute Gasteiger partial charge is 0.492 e. The highest BCUT2D eigenvalue weighted by Gasteiger charge is 2.02. The molecule has 0 aliphatic rings. The molecule has 2 rings (SSSR count). The van der Waals surface area contributed by atoms with Crippen molar-refractivity contribution in [3.63, 3.8) is 0 Å². The molecular weight excluding hydrogens is 328 g/mol.